The topological polar surface area (TPSA) is 105 Å². The molecular weight excluding hydrogens is 518 g/mol. The van der Waals surface area contributed by atoms with E-state index in [4.69, 9.17) is 9.47 Å². The SMILES string of the molecule is CCOc1ccccc1N(CC(=O)N(Cc1cccc(OC)c1)[C@H](Cc1ccccc1)C(=O)NC)S(C)(=O)=O. The van der Waals surface area contributed by atoms with Gasteiger partial charge in [0.1, 0.15) is 24.1 Å². The van der Waals surface area contributed by atoms with Gasteiger partial charge in [-0.1, -0.05) is 54.6 Å². The molecule has 1 atom stereocenters. The maximum Gasteiger partial charge on any atom is 0.244 e. The van der Waals surface area contributed by atoms with E-state index in [1.54, 1.807) is 56.5 Å². The fourth-order valence-electron chi connectivity index (χ4n) is 4.22. The lowest BCUT2D eigenvalue weighted by Gasteiger charge is -2.33. The second-order valence-corrected chi connectivity index (χ2v) is 10.8. The number of anilines is 1. The van der Waals surface area contributed by atoms with Crippen molar-refractivity contribution in [3.05, 3.63) is 90.0 Å². The minimum Gasteiger partial charge on any atom is -0.497 e. The van der Waals surface area contributed by atoms with Crippen molar-refractivity contribution in [1.82, 2.24) is 10.2 Å². The van der Waals surface area contributed by atoms with E-state index < -0.39 is 28.5 Å². The summed E-state index contributed by atoms with van der Waals surface area (Å²) in [5.74, 6) is 0.0300. The molecule has 208 valence electrons. The highest BCUT2D eigenvalue weighted by Gasteiger charge is 2.33. The maximum atomic E-state index is 14.0. The maximum absolute atomic E-state index is 14.0. The van der Waals surface area contributed by atoms with Gasteiger partial charge in [0.05, 0.1) is 25.7 Å². The van der Waals surface area contributed by atoms with Gasteiger partial charge in [-0.05, 0) is 42.3 Å². The Morgan fingerprint density at radius 3 is 2.26 bits per heavy atom. The lowest BCUT2D eigenvalue weighted by atomic mass is 10.0. The molecule has 0 unspecified atom stereocenters. The smallest absolute Gasteiger partial charge is 0.244 e. The van der Waals surface area contributed by atoms with Crippen LogP contribution in [0.2, 0.25) is 0 Å². The van der Waals surface area contributed by atoms with Crippen molar-refractivity contribution in [1.29, 1.82) is 0 Å². The minimum atomic E-state index is -3.90. The van der Waals surface area contributed by atoms with Crippen LogP contribution in [0.3, 0.4) is 0 Å². The van der Waals surface area contributed by atoms with Gasteiger partial charge in [0.2, 0.25) is 21.8 Å². The molecule has 3 rings (SSSR count). The molecule has 3 aromatic rings. The Kier molecular flexibility index (Phi) is 10.3. The van der Waals surface area contributed by atoms with E-state index in [0.717, 1.165) is 21.7 Å². The number of hydrogen-bond acceptors (Lipinski definition) is 6. The molecule has 1 N–H and O–H groups in total. The van der Waals surface area contributed by atoms with Gasteiger partial charge in [-0.25, -0.2) is 8.42 Å². The van der Waals surface area contributed by atoms with E-state index >= 15 is 0 Å². The summed E-state index contributed by atoms with van der Waals surface area (Å²) in [5, 5.41) is 2.66. The van der Waals surface area contributed by atoms with Gasteiger partial charge < -0.3 is 19.7 Å². The molecule has 0 spiro atoms. The first kappa shape index (κ1) is 29.5. The molecule has 0 saturated heterocycles. The zero-order valence-electron chi connectivity index (χ0n) is 22.7. The number of methoxy groups -OCH3 is 1. The Labute approximate surface area is 230 Å². The lowest BCUT2D eigenvalue weighted by Crippen LogP contribution is -2.52. The van der Waals surface area contributed by atoms with E-state index in [2.05, 4.69) is 5.32 Å². The molecule has 10 heteroatoms. The fraction of sp³-hybridized carbons (Fsp3) is 0.310. The summed E-state index contributed by atoms with van der Waals surface area (Å²) < 4.78 is 37.9. The van der Waals surface area contributed by atoms with Crippen molar-refractivity contribution < 1.29 is 27.5 Å². The molecule has 0 aromatic heterocycles. The standard InChI is InChI=1S/C29H35N3O6S/c1-5-38-27-17-10-9-16-25(27)32(39(4,35)36)21-28(33)31(20-23-14-11-15-24(18-23)37-3)26(29(34)30-2)19-22-12-7-6-8-13-22/h6-18,26H,5,19-21H2,1-4H3,(H,30,34)/t26-/m1/s1. The molecular formula is C29H35N3O6S. The van der Waals surface area contributed by atoms with Crippen LogP contribution in [-0.4, -0.2) is 64.7 Å². The molecule has 0 fully saturated rings. The number of nitrogens with one attached hydrogen (secondary N) is 1. The van der Waals surface area contributed by atoms with Gasteiger partial charge in [-0.2, -0.15) is 0 Å². The Bertz CT molecular complexity index is 1360. The molecule has 0 aliphatic rings. The number of nitrogens with zero attached hydrogens (tertiary/aromatic N) is 2. The van der Waals surface area contributed by atoms with Crippen molar-refractivity contribution >= 4 is 27.5 Å². The van der Waals surface area contributed by atoms with Crippen LogP contribution in [0, 0.1) is 0 Å². The number of likely N-dealkylation sites (N-methyl/N-ethyl adjacent to an activating group) is 1. The number of amides is 2. The molecule has 0 radical (unpaired) electrons. The second-order valence-electron chi connectivity index (χ2n) is 8.86. The van der Waals surface area contributed by atoms with Crippen LogP contribution < -0.4 is 19.1 Å². The van der Waals surface area contributed by atoms with Gasteiger partial charge >= 0.3 is 0 Å². The number of rotatable bonds is 13. The molecule has 0 aliphatic heterocycles. The average Bonchev–Trinajstić information content (AvgIpc) is 2.93. The highest BCUT2D eigenvalue weighted by atomic mass is 32.2. The third kappa shape index (κ3) is 7.97. The number of sulfonamides is 1. The highest BCUT2D eigenvalue weighted by molar-refractivity contribution is 7.92. The summed E-state index contributed by atoms with van der Waals surface area (Å²) in [6, 6.07) is 22.3. The van der Waals surface area contributed by atoms with Crippen LogP contribution in [0.1, 0.15) is 18.1 Å². The minimum absolute atomic E-state index is 0.0612. The molecule has 0 bridgehead atoms. The number of hydrogen-bond donors (Lipinski definition) is 1. The van der Waals surface area contributed by atoms with Crippen LogP contribution in [0.25, 0.3) is 0 Å². The van der Waals surface area contributed by atoms with Crippen molar-refractivity contribution in [2.45, 2.75) is 25.9 Å². The van der Waals surface area contributed by atoms with Crippen LogP contribution in [-0.2, 0) is 32.6 Å². The molecule has 0 heterocycles. The predicted octanol–water partition coefficient (Wildman–Crippen LogP) is 3.25. The first-order chi connectivity index (χ1) is 18.7. The van der Waals surface area contributed by atoms with Crippen LogP contribution >= 0.6 is 0 Å². The van der Waals surface area contributed by atoms with Crippen LogP contribution in [0.5, 0.6) is 11.5 Å². The van der Waals surface area contributed by atoms with Gasteiger partial charge in [0, 0.05) is 20.0 Å². The number of benzene rings is 3. The molecule has 9 nitrogen and oxygen atoms in total. The third-order valence-electron chi connectivity index (χ3n) is 6.12. The number of ether oxygens (including phenoxy) is 2. The summed E-state index contributed by atoms with van der Waals surface area (Å²) in [6.45, 7) is 1.65. The number of carbonyl (C=O) groups excluding carboxylic acids is 2. The Morgan fingerprint density at radius 2 is 1.62 bits per heavy atom. The quantitative estimate of drug-likeness (QED) is 0.349. The Hall–Kier alpha value is -4.05. The van der Waals surface area contributed by atoms with E-state index in [0.29, 0.717) is 18.1 Å². The van der Waals surface area contributed by atoms with Crippen molar-refractivity contribution in [3.63, 3.8) is 0 Å². The summed E-state index contributed by atoms with van der Waals surface area (Å²) in [4.78, 5) is 28.6. The van der Waals surface area contributed by atoms with Gasteiger partial charge in [0.25, 0.3) is 0 Å². The van der Waals surface area contributed by atoms with Crippen molar-refractivity contribution in [2.24, 2.45) is 0 Å². The monoisotopic (exact) mass is 553 g/mol. The zero-order chi connectivity index (χ0) is 28.4. The van der Waals surface area contributed by atoms with Crippen LogP contribution in [0.15, 0.2) is 78.9 Å². The summed E-state index contributed by atoms with van der Waals surface area (Å²) in [5.41, 5.74) is 1.83. The van der Waals surface area contributed by atoms with E-state index in [9.17, 15) is 18.0 Å². The highest BCUT2D eigenvalue weighted by Crippen LogP contribution is 2.30. The first-order valence-electron chi connectivity index (χ1n) is 12.5. The molecule has 2 amide bonds. The molecule has 0 saturated carbocycles. The fourth-order valence-corrected chi connectivity index (χ4v) is 5.08. The first-order valence-corrected chi connectivity index (χ1v) is 14.4. The molecule has 39 heavy (non-hydrogen) atoms. The number of para-hydroxylation sites is 2. The molecule has 0 aliphatic carbocycles. The van der Waals surface area contributed by atoms with Gasteiger partial charge in [0.15, 0.2) is 0 Å². The Morgan fingerprint density at radius 1 is 0.949 bits per heavy atom. The van der Waals surface area contributed by atoms with E-state index in [-0.39, 0.29) is 24.6 Å². The zero-order valence-corrected chi connectivity index (χ0v) is 23.5. The summed E-state index contributed by atoms with van der Waals surface area (Å²) in [6.07, 6.45) is 1.28. The number of carbonyl (C=O) groups is 2. The average molecular weight is 554 g/mol. The predicted molar refractivity (Wildman–Crippen MR) is 151 cm³/mol. The van der Waals surface area contributed by atoms with Crippen LogP contribution in [0.4, 0.5) is 5.69 Å². The summed E-state index contributed by atoms with van der Waals surface area (Å²) in [7, 11) is -0.840. The summed E-state index contributed by atoms with van der Waals surface area (Å²) >= 11 is 0. The van der Waals surface area contributed by atoms with E-state index in [1.165, 1.54) is 11.9 Å². The van der Waals surface area contributed by atoms with Crippen molar-refractivity contribution in [2.75, 3.05) is 37.9 Å². The van der Waals surface area contributed by atoms with Gasteiger partial charge in [-0.3, -0.25) is 13.9 Å². The largest absolute Gasteiger partial charge is 0.497 e. The Balaban J connectivity index is 2.06. The normalized spacial score (nSPS) is 11.8. The third-order valence-corrected chi connectivity index (χ3v) is 7.24. The second kappa shape index (κ2) is 13.7. The lowest BCUT2D eigenvalue weighted by molar-refractivity contribution is -0.139. The molecule has 3 aromatic carbocycles. The van der Waals surface area contributed by atoms with E-state index in [1.807, 2.05) is 36.4 Å². The van der Waals surface area contributed by atoms with Gasteiger partial charge in [-0.15, -0.1) is 0 Å². The van der Waals surface area contributed by atoms with Crippen molar-refractivity contribution in [3.8, 4) is 11.5 Å².